The van der Waals surface area contributed by atoms with Gasteiger partial charge in [-0.2, -0.15) is 0 Å². The molecule has 1 fully saturated rings. The summed E-state index contributed by atoms with van der Waals surface area (Å²) in [6.07, 6.45) is 21.6. The topological polar surface area (TPSA) is 303 Å². The van der Waals surface area contributed by atoms with Crippen LogP contribution in [0, 0.1) is 0 Å². The first-order valence-electron chi connectivity index (χ1n) is 24.3. The minimum absolute atomic E-state index is 0.0186. The van der Waals surface area contributed by atoms with E-state index in [0.717, 1.165) is 96.3 Å². The van der Waals surface area contributed by atoms with Gasteiger partial charge >= 0.3 is 35.4 Å². The van der Waals surface area contributed by atoms with E-state index in [2.05, 4.69) is 59.4 Å². The number of carbonyl (C=O) groups excluding carboxylic acids is 2. The number of aliphatic hydroxyl groups excluding tert-OH is 3. The van der Waals surface area contributed by atoms with Gasteiger partial charge in [0.15, 0.2) is 6.10 Å². The van der Waals surface area contributed by atoms with E-state index in [4.69, 9.17) is 18.5 Å². The predicted molar refractivity (Wildman–Crippen MR) is 252 cm³/mol. The number of esters is 2. The Morgan fingerprint density at radius 3 is 1.36 bits per heavy atom. The van der Waals surface area contributed by atoms with Crippen LogP contribution >= 0.6 is 23.5 Å². The molecule has 8 N–H and O–H groups in total. The number of allylic oxidation sites excluding steroid dienone is 6. The fourth-order valence-corrected chi connectivity index (χ4v) is 9.35. The van der Waals surface area contributed by atoms with Gasteiger partial charge in [0.25, 0.3) is 0 Å². The molecule has 0 aromatic carbocycles. The SMILES string of the molecule is CCCCCC=CCC=CCCCCCCCC(=O)OC(COC(=O)CCCCCCCCCC=CCCCCCC)COP(=O)(O)OC1C(O)C(O)C(OP(=O)(O)O)C(OP(=O)(O)O)C1O. The highest BCUT2D eigenvalue weighted by Gasteiger charge is 2.56. The molecule has 0 aromatic rings. The zero-order valence-corrected chi connectivity index (χ0v) is 42.4. The molecule has 22 heteroatoms. The number of aliphatic hydroxyl groups is 3. The summed E-state index contributed by atoms with van der Waals surface area (Å²) in [4.78, 5) is 73.2. The lowest BCUT2D eigenvalue weighted by molar-refractivity contribution is -0.213. The summed E-state index contributed by atoms with van der Waals surface area (Å²) in [5.74, 6) is -1.32. The van der Waals surface area contributed by atoms with E-state index in [9.17, 15) is 63.1 Å². The smallest absolute Gasteiger partial charge is 0.462 e. The van der Waals surface area contributed by atoms with Crippen LogP contribution in [0.15, 0.2) is 36.5 Å². The van der Waals surface area contributed by atoms with Crippen LogP contribution < -0.4 is 0 Å². The van der Waals surface area contributed by atoms with E-state index < -0.39 is 91.3 Å². The van der Waals surface area contributed by atoms with Gasteiger partial charge in [-0.3, -0.25) is 27.7 Å². The van der Waals surface area contributed by atoms with Crippen molar-refractivity contribution in [3.05, 3.63) is 36.5 Å². The van der Waals surface area contributed by atoms with Gasteiger partial charge in [0.1, 0.15) is 43.2 Å². The Hall–Kier alpha value is -1.63. The summed E-state index contributed by atoms with van der Waals surface area (Å²) in [7, 11) is -16.6. The predicted octanol–water partition coefficient (Wildman–Crippen LogP) is 8.85. The normalized spacial score (nSPS) is 21.9. The summed E-state index contributed by atoms with van der Waals surface area (Å²) in [5.41, 5.74) is 0. The Kier molecular flexibility index (Phi) is 35.2. The number of hydrogen-bond donors (Lipinski definition) is 8. The fraction of sp³-hybridized carbons (Fsp3) is 0.822. The molecule has 0 aromatic heterocycles. The highest BCUT2D eigenvalue weighted by molar-refractivity contribution is 7.47. The number of rotatable bonds is 41. The number of carbonyl (C=O) groups is 2. The van der Waals surface area contributed by atoms with Gasteiger partial charge in [-0.05, 0) is 70.6 Å². The third-order valence-corrected chi connectivity index (χ3v) is 12.9. The minimum Gasteiger partial charge on any atom is -0.462 e. The largest absolute Gasteiger partial charge is 0.472 e. The molecule has 0 spiro atoms. The molecule has 8 atom stereocenters. The Labute approximate surface area is 398 Å². The number of hydrogen-bond acceptors (Lipinski definition) is 14. The molecule has 0 amide bonds. The maximum absolute atomic E-state index is 13.1. The van der Waals surface area contributed by atoms with Crippen LogP contribution in [0.3, 0.4) is 0 Å². The lowest BCUT2D eigenvalue weighted by Gasteiger charge is -2.44. The van der Waals surface area contributed by atoms with Crippen molar-refractivity contribution in [3.8, 4) is 0 Å². The molecule has 392 valence electrons. The van der Waals surface area contributed by atoms with Crippen molar-refractivity contribution in [1.82, 2.24) is 0 Å². The Morgan fingerprint density at radius 1 is 0.478 bits per heavy atom. The summed E-state index contributed by atoms with van der Waals surface area (Å²) in [5, 5.41) is 31.9. The first kappa shape index (κ1) is 63.4. The summed E-state index contributed by atoms with van der Waals surface area (Å²) < 4.78 is 65.5. The van der Waals surface area contributed by atoms with E-state index in [1.807, 2.05) is 0 Å². The molecule has 19 nitrogen and oxygen atoms in total. The Morgan fingerprint density at radius 2 is 0.866 bits per heavy atom. The first-order chi connectivity index (χ1) is 31.8. The van der Waals surface area contributed by atoms with Crippen LogP contribution in [-0.2, 0) is 50.9 Å². The fourth-order valence-electron chi connectivity index (χ4n) is 7.25. The second kappa shape index (κ2) is 37.2. The summed E-state index contributed by atoms with van der Waals surface area (Å²) in [6.45, 7) is 2.89. The van der Waals surface area contributed by atoms with E-state index >= 15 is 0 Å². The van der Waals surface area contributed by atoms with Crippen LogP contribution in [0.4, 0.5) is 0 Å². The average Bonchev–Trinajstić information content (AvgIpc) is 3.25. The van der Waals surface area contributed by atoms with Gasteiger partial charge in [-0.25, -0.2) is 13.7 Å². The van der Waals surface area contributed by atoms with Crippen molar-refractivity contribution in [2.75, 3.05) is 13.2 Å². The lowest BCUT2D eigenvalue weighted by Crippen LogP contribution is -2.65. The number of phosphoric ester groups is 3. The van der Waals surface area contributed by atoms with Crippen LogP contribution in [0.2, 0.25) is 0 Å². The molecule has 1 rings (SSSR count). The molecule has 8 unspecified atom stereocenters. The van der Waals surface area contributed by atoms with E-state index in [-0.39, 0.29) is 12.8 Å². The monoisotopic (exact) mass is 1020 g/mol. The number of unbranched alkanes of at least 4 members (excludes halogenated alkanes) is 19. The second-order valence-electron chi connectivity index (χ2n) is 17.0. The van der Waals surface area contributed by atoms with Crippen molar-refractivity contribution in [2.24, 2.45) is 0 Å². The molecule has 1 aliphatic carbocycles. The molecule has 1 aliphatic rings. The van der Waals surface area contributed by atoms with E-state index in [1.54, 1.807) is 0 Å². The minimum atomic E-state index is -5.60. The van der Waals surface area contributed by atoms with E-state index in [1.165, 1.54) is 44.9 Å². The van der Waals surface area contributed by atoms with Gasteiger partial charge in [0.05, 0.1) is 6.61 Å². The zero-order valence-electron chi connectivity index (χ0n) is 39.7. The first-order valence-corrected chi connectivity index (χ1v) is 28.8. The quantitative estimate of drug-likeness (QED) is 0.0123. The number of ether oxygens (including phenoxy) is 2. The Balaban J connectivity index is 2.74. The van der Waals surface area contributed by atoms with Gasteiger partial charge < -0.3 is 49.3 Å². The molecule has 0 bridgehead atoms. The van der Waals surface area contributed by atoms with Crippen LogP contribution in [0.1, 0.15) is 181 Å². The third kappa shape index (κ3) is 33.6. The molecule has 0 radical (unpaired) electrons. The highest BCUT2D eigenvalue weighted by Crippen LogP contribution is 2.51. The van der Waals surface area contributed by atoms with Gasteiger partial charge in [0.2, 0.25) is 0 Å². The van der Waals surface area contributed by atoms with Gasteiger partial charge in [-0.15, -0.1) is 0 Å². The highest BCUT2D eigenvalue weighted by atomic mass is 31.2. The van der Waals surface area contributed by atoms with Crippen molar-refractivity contribution in [3.63, 3.8) is 0 Å². The van der Waals surface area contributed by atoms with Crippen molar-refractivity contribution in [1.29, 1.82) is 0 Å². The molecular weight excluding hydrogens is 937 g/mol. The van der Waals surface area contributed by atoms with Crippen LogP contribution in [0.25, 0.3) is 0 Å². The molecule has 0 saturated heterocycles. The van der Waals surface area contributed by atoms with Gasteiger partial charge in [0, 0.05) is 12.8 Å². The van der Waals surface area contributed by atoms with Crippen LogP contribution in [-0.4, -0.2) is 108 Å². The van der Waals surface area contributed by atoms with Crippen molar-refractivity contribution in [2.45, 2.75) is 224 Å². The summed E-state index contributed by atoms with van der Waals surface area (Å²) in [6, 6.07) is 0. The lowest BCUT2D eigenvalue weighted by atomic mass is 9.85. The molecule has 0 aliphatic heterocycles. The number of phosphoric acid groups is 3. The average molecular weight is 1020 g/mol. The molecular formula is C45H83O19P3. The summed E-state index contributed by atoms with van der Waals surface area (Å²) >= 11 is 0. The standard InChI is InChI=1S/C45H83O19P3/c1-3-5-7-9-11-13-15-17-19-21-23-25-27-29-31-33-38(46)59-35-37(61-39(47)34-32-30-28-26-24-22-20-18-16-14-12-10-8-6-4-2)36-60-67(57,58)64-43-40(48)41(49)44(62-65(51,52)53)45(42(43)50)63-66(54,55)56/h12-15,18,20,37,40-45,48-50H,3-11,16-17,19,21-36H2,1-2H3,(H,57,58)(H2,51,52,53)(H2,54,55,56). The van der Waals surface area contributed by atoms with Gasteiger partial charge in [-0.1, -0.05) is 134 Å². The van der Waals surface area contributed by atoms with E-state index in [0.29, 0.717) is 12.8 Å². The third-order valence-electron chi connectivity index (χ3n) is 10.9. The maximum atomic E-state index is 13.1. The molecule has 67 heavy (non-hydrogen) atoms. The second-order valence-corrected chi connectivity index (χ2v) is 20.8. The molecule has 1 saturated carbocycles. The van der Waals surface area contributed by atoms with Crippen LogP contribution in [0.5, 0.6) is 0 Å². The zero-order chi connectivity index (χ0) is 50.0. The van der Waals surface area contributed by atoms with Crippen molar-refractivity contribution < 1.29 is 90.6 Å². The van der Waals surface area contributed by atoms with Crippen molar-refractivity contribution >= 4 is 35.4 Å². The molecule has 0 heterocycles. The Bertz CT molecular complexity index is 1550. The maximum Gasteiger partial charge on any atom is 0.472 e.